The van der Waals surface area contributed by atoms with Gasteiger partial charge in [0, 0.05) is 0 Å². The molecule has 0 saturated heterocycles. The van der Waals surface area contributed by atoms with Crippen LogP contribution in [0.3, 0.4) is 0 Å². The molecule has 0 radical (unpaired) electrons. The van der Waals surface area contributed by atoms with E-state index < -0.39 is 5.54 Å². The summed E-state index contributed by atoms with van der Waals surface area (Å²) in [5.74, 6) is -0.0120. The molecule has 1 saturated carbocycles. The lowest BCUT2D eigenvalue weighted by Gasteiger charge is -2.34. The van der Waals surface area contributed by atoms with Gasteiger partial charge in [-0.1, -0.05) is 32.6 Å². The predicted octanol–water partition coefficient (Wildman–Crippen LogP) is 2.45. The molecule has 4 heteroatoms. The van der Waals surface area contributed by atoms with Crippen LogP contribution in [-0.4, -0.2) is 36.0 Å². The maximum atomic E-state index is 12.3. The van der Waals surface area contributed by atoms with Gasteiger partial charge in [0.05, 0.1) is 12.1 Å². The van der Waals surface area contributed by atoms with E-state index in [1.54, 1.807) is 0 Å². The van der Waals surface area contributed by atoms with Crippen LogP contribution in [0.2, 0.25) is 0 Å². The number of amides is 1. The fraction of sp³-hybridized carbons (Fsp3) is 0.867. The Morgan fingerprint density at radius 2 is 2.05 bits per heavy atom. The van der Waals surface area contributed by atoms with E-state index in [2.05, 4.69) is 23.2 Å². The Bertz CT molecular complexity index is 329. The lowest BCUT2D eigenvalue weighted by Crippen LogP contribution is -2.54. The molecule has 0 bridgehead atoms. The van der Waals surface area contributed by atoms with Gasteiger partial charge < -0.3 is 5.32 Å². The Kier molecular flexibility index (Phi) is 6.30. The van der Waals surface area contributed by atoms with Crippen molar-refractivity contribution in [1.82, 2.24) is 10.2 Å². The summed E-state index contributed by atoms with van der Waals surface area (Å²) in [4.78, 5) is 14.3. The van der Waals surface area contributed by atoms with Crippen LogP contribution in [0, 0.1) is 11.3 Å². The second kappa shape index (κ2) is 7.49. The molecule has 1 rings (SSSR count). The number of hydrogen-bond acceptors (Lipinski definition) is 3. The van der Waals surface area contributed by atoms with E-state index >= 15 is 0 Å². The Balaban J connectivity index is 2.54. The number of carbonyl (C=O) groups excluding carboxylic acids is 1. The van der Waals surface area contributed by atoms with Crippen LogP contribution >= 0.6 is 0 Å². The second-order valence-corrected chi connectivity index (χ2v) is 5.75. The van der Waals surface area contributed by atoms with Gasteiger partial charge in [-0.05, 0) is 39.8 Å². The second-order valence-electron chi connectivity index (χ2n) is 5.75. The van der Waals surface area contributed by atoms with Crippen molar-refractivity contribution in [2.45, 2.75) is 70.4 Å². The first-order valence-corrected chi connectivity index (χ1v) is 7.48. The van der Waals surface area contributed by atoms with Crippen molar-refractivity contribution in [3.63, 3.8) is 0 Å². The van der Waals surface area contributed by atoms with Crippen LogP contribution in [0.4, 0.5) is 0 Å². The maximum Gasteiger partial charge on any atom is 0.238 e. The molecule has 1 atom stereocenters. The van der Waals surface area contributed by atoms with Gasteiger partial charge in [-0.15, -0.1) is 0 Å². The first-order chi connectivity index (χ1) is 9.04. The number of unbranched alkanes of at least 4 members (excludes halogenated alkanes) is 1. The molecular formula is C15H27N3O. The molecular weight excluding hydrogens is 238 g/mol. The summed E-state index contributed by atoms with van der Waals surface area (Å²) in [6.45, 7) is 4.98. The highest BCUT2D eigenvalue weighted by molar-refractivity contribution is 5.82. The third-order valence-corrected chi connectivity index (χ3v) is 4.19. The first-order valence-electron chi connectivity index (χ1n) is 7.48. The third-order valence-electron chi connectivity index (χ3n) is 4.19. The lowest BCUT2D eigenvalue weighted by molar-refractivity contribution is -0.127. The highest BCUT2D eigenvalue weighted by Gasteiger charge is 2.35. The molecule has 0 heterocycles. The normalized spacial score (nSPS) is 19.7. The van der Waals surface area contributed by atoms with Gasteiger partial charge in [0.15, 0.2) is 0 Å². The summed E-state index contributed by atoms with van der Waals surface area (Å²) in [6.07, 6.45) is 7.05. The summed E-state index contributed by atoms with van der Waals surface area (Å²) in [5.41, 5.74) is -0.616. The third kappa shape index (κ3) is 4.50. The van der Waals surface area contributed by atoms with Gasteiger partial charge in [-0.2, -0.15) is 5.26 Å². The van der Waals surface area contributed by atoms with Crippen molar-refractivity contribution in [1.29, 1.82) is 5.26 Å². The van der Waals surface area contributed by atoms with Gasteiger partial charge in [0.25, 0.3) is 0 Å². The quantitative estimate of drug-likeness (QED) is 0.802. The average molecular weight is 265 g/mol. The predicted molar refractivity (Wildman–Crippen MR) is 76.6 cm³/mol. The molecule has 0 aliphatic heterocycles. The number of nitrogens with one attached hydrogen (secondary N) is 1. The number of likely N-dealkylation sites (N-methyl/N-ethyl adjacent to an activating group) is 1. The Morgan fingerprint density at radius 3 is 2.58 bits per heavy atom. The average Bonchev–Trinajstić information content (AvgIpc) is 2.44. The van der Waals surface area contributed by atoms with Gasteiger partial charge in [-0.25, -0.2) is 0 Å². The molecule has 4 nitrogen and oxygen atoms in total. The highest BCUT2D eigenvalue weighted by atomic mass is 16.2. The summed E-state index contributed by atoms with van der Waals surface area (Å²) < 4.78 is 0. The van der Waals surface area contributed by atoms with Gasteiger partial charge in [0.2, 0.25) is 5.91 Å². The van der Waals surface area contributed by atoms with Gasteiger partial charge >= 0.3 is 0 Å². The first kappa shape index (κ1) is 16.0. The molecule has 1 N–H and O–H groups in total. The Hall–Kier alpha value is -1.08. The van der Waals surface area contributed by atoms with Crippen LogP contribution < -0.4 is 5.32 Å². The van der Waals surface area contributed by atoms with E-state index in [0.29, 0.717) is 0 Å². The van der Waals surface area contributed by atoms with Crippen LogP contribution in [-0.2, 0) is 4.79 Å². The number of rotatable bonds is 6. The molecule has 1 fully saturated rings. The van der Waals surface area contributed by atoms with Crippen molar-refractivity contribution < 1.29 is 4.79 Å². The zero-order chi connectivity index (χ0) is 14.3. The van der Waals surface area contributed by atoms with E-state index in [4.69, 9.17) is 0 Å². The summed E-state index contributed by atoms with van der Waals surface area (Å²) >= 11 is 0. The van der Waals surface area contributed by atoms with Crippen molar-refractivity contribution in [3.05, 3.63) is 0 Å². The molecule has 108 valence electrons. The zero-order valence-corrected chi connectivity index (χ0v) is 12.5. The van der Waals surface area contributed by atoms with Crippen molar-refractivity contribution in [2.24, 2.45) is 0 Å². The summed E-state index contributed by atoms with van der Waals surface area (Å²) in [6, 6.07) is 2.17. The molecule has 0 aromatic carbocycles. The largest absolute Gasteiger partial charge is 0.336 e. The fourth-order valence-corrected chi connectivity index (χ4v) is 2.56. The molecule has 0 spiro atoms. The number of hydrogen-bond donors (Lipinski definition) is 1. The number of carbonyl (C=O) groups is 1. The summed E-state index contributed by atoms with van der Waals surface area (Å²) in [5, 5.41) is 12.4. The zero-order valence-electron chi connectivity index (χ0n) is 12.5. The van der Waals surface area contributed by atoms with Crippen molar-refractivity contribution >= 4 is 5.91 Å². The standard InChI is InChI=1S/C15H27N3O/c1-4-5-11-18(3)13(2)14(19)17-15(12-16)9-7-6-8-10-15/h13H,4-11H2,1-3H3,(H,17,19). The van der Waals surface area contributed by atoms with E-state index in [1.807, 2.05) is 14.0 Å². The SMILES string of the molecule is CCCCN(C)C(C)C(=O)NC1(C#N)CCCCC1. The molecule has 19 heavy (non-hydrogen) atoms. The number of nitrogens with zero attached hydrogens (tertiary/aromatic N) is 2. The molecule has 1 aliphatic rings. The van der Waals surface area contributed by atoms with Crippen LogP contribution in [0.25, 0.3) is 0 Å². The van der Waals surface area contributed by atoms with Gasteiger partial charge in [-0.3, -0.25) is 9.69 Å². The van der Waals surface area contributed by atoms with Crippen molar-refractivity contribution in [3.8, 4) is 6.07 Å². The minimum absolute atomic E-state index is 0.0120. The Labute approximate surface area is 117 Å². The smallest absolute Gasteiger partial charge is 0.238 e. The molecule has 0 aromatic heterocycles. The molecule has 1 unspecified atom stereocenters. The van der Waals surface area contributed by atoms with E-state index in [1.165, 1.54) is 6.42 Å². The monoisotopic (exact) mass is 265 g/mol. The maximum absolute atomic E-state index is 12.3. The van der Waals surface area contributed by atoms with Crippen LogP contribution in [0.1, 0.15) is 58.8 Å². The fourth-order valence-electron chi connectivity index (χ4n) is 2.56. The topological polar surface area (TPSA) is 56.1 Å². The highest BCUT2D eigenvalue weighted by Crippen LogP contribution is 2.27. The molecule has 0 aromatic rings. The van der Waals surface area contributed by atoms with E-state index in [0.717, 1.165) is 45.1 Å². The minimum atomic E-state index is -0.616. The van der Waals surface area contributed by atoms with Crippen LogP contribution in [0.5, 0.6) is 0 Å². The lowest BCUT2D eigenvalue weighted by atomic mass is 9.82. The van der Waals surface area contributed by atoms with E-state index in [-0.39, 0.29) is 11.9 Å². The molecule has 1 aliphatic carbocycles. The van der Waals surface area contributed by atoms with Gasteiger partial charge in [0.1, 0.15) is 5.54 Å². The Morgan fingerprint density at radius 1 is 1.42 bits per heavy atom. The van der Waals surface area contributed by atoms with Crippen LogP contribution in [0.15, 0.2) is 0 Å². The van der Waals surface area contributed by atoms with E-state index in [9.17, 15) is 10.1 Å². The minimum Gasteiger partial charge on any atom is -0.336 e. The summed E-state index contributed by atoms with van der Waals surface area (Å²) in [7, 11) is 1.97. The molecule has 1 amide bonds. The number of nitriles is 1. The van der Waals surface area contributed by atoms with Crippen molar-refractivity contribution in [2.75, 3.05) is 13.6 Å².